The van der Waals surface area contributed by atoms with Crippen molar-refractivity contribution >= 4 is 35.6 Å². The molecule has 0 amide bonds. The summed E-state index contributed by atoms with van der Waals surface area (Å²) < 4.78 is 5.41. The van der Waals surface area contributed by atoms with Gasteiger partial charge >= 0.3 is 0 Å². The van der Waals surface area contributed by atoms with Crippen LogP contribution in [0.2, 0.25) is 0 Å². The fraction of sp³-hybridized carbons (Fsp3) is 0.562. The van der Waals surface area contributed by atoms with Gasteiger partial charge in [-0.2, -0.15) is 0 Å². The van der Waals surface area contributed by atoms with Gasteiger partial charge in [0.1, 0.15) is 0 Å². The lowest BCUT2D eigenvalue weighted by Crippen LogP contribution is -2.41. The zero-order valence-electron chi connectivity index (χ0n) is 14.1. The number of nitro groups is 1. The topological polar surface area (TPSA) is 80.0 Å². The van der Waals surface area contributed by atoms with Crippen molar-refractivity contribution in [1.29, 1.82) is 0 Å². The van der Waals surface area contributed by atoms with Gasteiger partial charge in [0.05, 0.1) is 18.1 Å². The van der Waals surface area contributed by atoms with E-state index in [1.54, 1.807) is 12.1 Å². The Morgan fingerprint density at radius 2 is 2.33 bits per heavy atom. The molecule has 134 valence electrons. The van der Waals surface area contributed by atoms with E-state index in [-0.39, 0.29) is 34.6 Å². The molecule has 1 fully saturated rings. The van der Waals surface area contributed by atoms with E-state index in [0.717, 1.165) is 44.2 Å². The largest absolute Gasteiger partial charge is 0.381 e. The molecule has 1 saturated heterocycles. The maximum absolute atomic E-state index is 10.8. The van der Waals surface area contributed by atoms with E-state index in [2.05, 4.69) is 15.2 Å². The minimum atomic E-state index is -0.384. The minimum Gasteiger partial charge on any atom is -0.381 e. The van der Waals surface area contributed by atoms with E-state index < -0.39 is 0 Å². The highest BCUT2D eigenvalue weighted by Crippen LogP contribution is 2.15. The summed E-state index contributed by atoms with van der Waals surface area (Å²) in [5.74, 6) is 1.34. The third-order valence-electron chi connectivity index (χ3n) is 3.79. The summed E-state index contributed by atoms with van der Waals surface area (Å²) in [6.45, 7) is 5.74. The molecule has 0 spiro atoms. The second kappa shape index (κ2) is 10.4. The van der Waals surface area contributed by atoms with Crippen LogP contribution in [0.5, 0.6) is 0 Å². The summed E-state index contributed by atoms with van der Waals surface area (Å²) in [4.78, 5) is 17.1. The number of benzene rings is 1. The number of non-ortho nitro benzene ring substituents is 1. The quantitative estimate of drug-likeness (QED) is 0.238. The Morgan fingerprint density at radius 1 is 1.54 bits per heavy atom. The van der Waals surface area contributed by atoms with Crippen LogP contribution in [0.4, 0.5) is 5.69 Å². The van der Waals surface area contributed by atoms with Crippen molar-refractivity contribution in [1.82, 2.24) is 10.2 Å². The summed E-state index contributed by atoms with van der Waals surface area (Å²) in [5.41, 5.74) is 0.923. The van der Waals surface area contributed by atoms with Crippen molar-refractivity contribution in [3.63, 3.8) is 0 Å². The molecule has 1 heterocycles. The van der Waals surface area contributed by atoms with Crippen molar-refractivity contribution < 1.29 is 9.66 Å². The number of aliphatic imine (C=N–C) groups is 1. The normalized spacial score (nSPS) is 17.2. The maximum atomic E-state index is 10.8. The molecule has 1 N–H and O–H groups in total. The molecular formula is C16H25IN4O3. The molecule has 0 radical (unpaired) electrons. The van der Waals surface area contributed by atoms with E-state index >= 15 is 0 Å². The molecule has 1 unspecified atom stereocenters. The fourth-order valence-corrected chi connectivity index (χ4v) is 2.61. The SMILES string of the molecule is CCNC(=NCc1cccc([N+](=O)[O-])c1)N(C)CC1CCOC1.I. The average Bonchev–Trinajstić information content (AvgIpc) is 3.04. The van der Waals surface area contributed by atoms with E-state index in [1.165, 1.54) is 6.07 Å². The molecule has 7 nitrogen and oxygen atoms in total. The molecule has 1 aliphatic heterocycles. The number of hydrogen-bond donors (Lipinski definition) is 1. The Morgan fingerprint density at radius 3 is 2.96 bits per heavy atom. The first kappa shape index (κ1) is 20.6. The smallest absolute Gasteiger partial charge is 0.269 e. The second-order valence-electron chi connectivity index (χ2n) is 5.71. The lowest BCUT2D eigenvalue weighted by molar-refractivity contribution is -0.384. The molecular weight excluding hydrogens is 423 g/mol. The van der Waals surface area contributed by atoms with E-state index in [9.17, 15) is 10.1 Å². The minimum absolute atomic E-state index is 0. The van der Waals surface area contributed by atoms with Crippen LogP contribution in [-0.4, -0.2) is 49.1 Å². The van der Waals surface area contributed by atoms with Crippen LogP contribution in [0.15, 0.2) is 29.3 Å². The number of halogens is 1. The number of rotatable bonds is 6. The van der Waals surface area contributed by atoms with Crippen molar-refractivity contribution in [2.45, 2.75) is 19.9 Å². The van der Waals surface area contributed by atoms with E-state index in [1.807, 2.05) is 20.0 Å². The number of ether oxygens (including phenoxy) is 1. The second-order valence-corrected chi connectivity index (χ2v) is 5.71. The van der Waals surface area contributed by atoms with Crippen LogP contribution < -0.4 is 5.32 Å². The molecule has 1 atom stereocenters. The summed E-state index contributed by atoms with van der Waals surface area (Å²) in [5, 5.41) is 14.1. The summed E-state index contributed by atoms with van der Waals surface area (Å²) in [6, 6.07) is 6.60. The van der Waals surface area contributed by atoms with E-state index in [4.69, 9.17) is 4.74 Å². The predicted molar refractivity (Wildman–Crippen MR) is 105 cm³/mol. The number of nitro benzene ring substituents is 1. The Kier molecular flexibility index (Phi) is 8.98. The Hall–Kier alpha value is -1.42. The van der Waals surface area contributed by atoms with Crippen LogP contribution in [0.1, 0.15) is 18.9 Å². The zero-order valence-corrected chi connectivity index (χ0v) is 16.4. The molecule has 1 aromatic rings. The van der Waals surface area contributed by atoms with Gasteiger partial charge in [-0.15, -0.1) is 24.0 Å². The first-order valence-electron chi connectivity index (χ1n) is 7.90. The summed E-state index contributed by atoms with van der Waals surface area (Å²) in [7, 11) is 2.01. The number of nitrogens with zero attached hydrogens (tertiary/aromatic N) is 3. The van der Waals surface area contributed by atoms with Gasteiger partial charge < -0.3 is 15.0 Å². The maximum Gasteiger partial charge on any atom is 0.269 e. The molecule has 24 heavy (non-hydrogen) atoms. The van der Waals surface area contributed by atoms with Crippen LogP contribution in [0.3, 0.4) is 0 Å². The molecule has 0 aliphatic carbocycles. The van der Waals surface area contributed by atoms with Gasteiger partial charge in [0.25, 0.3) is 5.69 Å². The van der Waals surface area contributed by atoms with Gasteiger partial charge in [0, 0.05) is 44.8 Å². The molecule has 2 rings (SSSR count). The third-order valence-corrected chi connectivity index (χ3v) is 3.79. The van der Waals surface area contributed by atoms with Gasteiger partial charge in [-0.3, -0.25) is 10.1 Å². The highest BCUT2D eigenvalue weighted by atomic mass is 127. The summed E-state index contributed by atoms with van der Waals surface area (Å²) >= 11 is 0. The van der Waals surface area contributed by atoms with Gasteiger partial charge in [0.15, 0.2) is 5.96 Å². The van der Waals surface area contributed by atoms with Crippen LogP contribution in [0.25, 0.3) is 0 Å². The van der Waals surface area contributed by atoms with Crippen molar-refractivity contribution in [2.75, 3.05) is 33.4 Å². The first-order valence-corrected chi connectivity index (χ1v) is 7.90. The fourth-order valence-electron chi connectivity index (χ4n) is 2.61. The lowest BCUT2D eigenvalue weighted by atomic mass is 10.1. The van der Waals surface area contributed by atoms with Gasteiger partial charge in [-0.1, -0.05) is 12.1 Å². The van der Waals surface area contributed by atoms with E-state index in [0.29, 0.717) is 12.5 Å². The Balaban J connectivity index is 0.00000288. The van der Waals surface area contributed by atoms with Crippen molar-refractivity contribution in [3.05, 3.63) is 39.9 Å². The van der Waals surface area contributed by atoms with Gasteiger partial charge in [0.2, 0.25) is 0 Å². The number of hydrogen-bond acceptors (Lipinski definition) is 4. The first-order chi connectivity index (χ1) is 11.1. The monoisotopic (exact) mass is 448 g/mol. The molecule has 0 bridgehead atoms. The summed E-state index contributed by atoms with van der Waals surface area (Å²) in [6.07, 6.45) is 1.08. The van der Waals surface area contributed by atoms with Crippen molar-refractivity contribution in [2.24, 2.45) is 10.9 Å². The molecule has 1 aliphatic rings. The molecule has 8 heteroatoms. The molecule has 1 aromatic carbocycles. The zero-order chi connectivity index (χ0) is 16.7. The van der Waals surface area contributed by atoms with Crippen LogP contribution in [0, 0.1) is 16.0 Å². The molecule has 0 aromatic heterocycles. The van der Waals surface area contributed by atoms with Crippen molar-refractivity contribution in [3.8, 4) is 0 Å². The third kappa shape index (κ3) is 6.23. The number of guanidine groups is 1. The standard InChI is InChI=1S/C16H24N4O3.HI/c1-3-17-16(19(2)11-14-7-8-23-12-14)18-10-13-5-4-6-15(9-13)20(21)22;/h4-6,9,14H,3,7-8,10-12H2,1-2H3,(H,17,18);1H. The average molecular weight is 448 g/mol. The lowest BCUT2D eigenvalue weighted by Gasteiger charge is -2.24. The highest BCUT2D eigenvalue weighted by molar-refractivity contribution is 14.0. The molecule has 0 saturated carbocycles. The van der Waals surface area contributed by atoms with Crippen LogP contribution >= 0.6 is 24.0 Å². The Labute approximate surface area is 159 Å². The van der Waals surface area contributed by atoms with Gasteiger partial charge in [-0.05, 0) is 18.9 Å². The predicted octanol–water partition coefficient (Wildman–Crippen LogP) is 2.65. The highest BCUT2D eigenvalue weighted by Gasteiger charge is 2.19. The van der Waals surface area contributed by atoms with Crippen LogP contribution in [-0.2, 0) is 11.3 Å². The number of nitrogens with one attached hydrogen (secondary N) is 1. The van der Waals surface area contributed by atoms with Gasteiger partial charge in [-0.25, -0.2) is 4.99 Å². The Bertz CT molecular complexity index is 562.